The third kappa shape index (κ3) is 11.6. The van der Waals surface area contributed by atoms with E-state index in [1.807, 2.05) is 13.8 Å². The first kappa shape index (κ1) is 40.5. The van der Waals surface area contributed by atoms with Crippen molar-refractivity contribution in [3.05, 3.63) is 0 Å². The average Bonchev–Trinajstić information content (AvgIpc) is 3.03. The molecule has 0 heterocycles. The Hall–Kier alpha value is -1.90. The Morgan fingerprint density at radius 2 is 1.40 bits per heavy atom. The number of carbonyl (C=O) groups is 3. The van der Waals surface area contributed by atoms with Gasteiger partial charge in [0, 0.05) is 65.0 Å². The standard InChI is InChI=1S/C34H61F2N5O6S/c1-6-13-41(14-7-2)34(45)26-18-25(19-29(20-26)48(46,47)39(3)4)32(43)37-30(17-23-15-27(35)21-28(36)16-23)31(42)22-40(5)38-33(44)24-11-9-8-10-12-24/h23-31,42H,6-22H2,1-5H3,(H,37,43)(H,38,44). The van der Waals surface area contributed by atoms with Gasteiger partial charge < -0.3 is 15.3 Å². The molecule has 3 saturated carbocycles. The number of carbonyl (C=O) groups excluding carboxylic acids is 3. The summed E-state index contributed by atoms with van der Waals surface area (Å²) in [5.74, 6) is -2.80. The number of amides is 3. The highest BCUT2D eigenvalue weighted by Gasteiger charge is 2.44. The molecule has 3 amide bonds. The van der Waals surface area contributed by atoms with E-state index in [2.05, 4.69) is 10.7 Å². The van der Waals surface area contributed by atoms with Gasteiger partial charge in [-0.1, -0.05) is 33.1 Å². The van der Waals surface area contributed by atoms with Gasteiger partial charge >= 0.3 is 0 Å². The summed E-state index contributed by atoms with van der Waals surface area (Å²) in [6, 6.07) is -0.911. The quantitative estimate of drug-likeness (QED) is 0.209. The van der Waals surface area contributed by atoms with Crippen molar-refractivity contribution in [2.24, 2.45) is 23.7 Å². The molecule has 7 unspecified atom stereocenters. The fourth-order valence-corrected chi connectivity index (χ4v) is 9.45. The van der Waals surface area contributed by atoms with Crippen molar-refractivity contribution < 1.29 is 36.7 Å². The molecule has 3 aliphatic rings. The summed E-state index contributed by atoms with van der Waals surface area (Å²) in [5, 5.41) is 14.9. The number of likely N-dealkylation sites (N-methyl/N-ethyl adjacent to an activating group) is 1. The molecular weight excluding hydrogens is 644 g/mol. The van der Waals surface area contributed by atoms with E-state index in [0.717, 1.165) is 49.3 Å². The van der Waals surface area contributed by atoms with Crippen molar-refractivity contribution in [1.82, 2.24) is 25.0 Å². The van der Waals surface area contributed by atoms with Crippen LogP contribution in [0.3, 0.4) is 0 Å². The number of sulfonamides is 1. The predicted octanol–water partition coefficient (Wildman–Crippen LogP) is 3.57. The minimum Gasteiger partial charge on any atom is -0.390 e. The van der Waals surface area contributed by atoms with Crippen molar-refractivity contribution in [1.29, 1.82) is 0 Å². The highest BCUT2D eigenvalue weighted by molar-refractivity contribution is 7.89. The molecule has 0 aromatic rings. The third-order valence-electron chi connectivity index (χ3n) is 10.4. The van der Waals surface area contributed by atoms with Crippen LogP contribution in [0.15, 0.2) is 0 Å². The van der Waals surface area contributed by atoms with E-state index in [4.69, 9.17) is 0 Å². The zero-order valence-electron chi connectivity index (χ0n) is 29.7. The Morgan fingerprint density at radius 3 is 1.96 bits per heavy atom. The SMILES string of the molecule is CCCN(CCC)C(=O)C1CC(C(=O)NC(CC2CC(F)CC(F)C2)C(O)CN(C)NC(=O)C2CCCCC2)CC(S(=O)(=O)N(C)C)C1. The number of nitrogens with zero attached hydrogens (tertiary/aromatic N) is 3. The van der Waals surface area contributed by atoms with Crippen molar-refractivity contribution in [2.75, 3.05) is 40.8 Å². The summed E-state index contributed by atoms with van der Waals surface area (Å²) in [4.78, 5) is 42.3. The summed E-state index contributed by atoms with van der Waals surface area (Å²) in [6.45, 7) is 4.98. The van der Waals surface area contributed by atoms with Crippen molar-refractivity contribution in [3.63, 3.8) is 0 Å². The van der Waals surface area contributed by atoms with Gasteiger partial charge in [-0.3, -0.25) is 19.8 Å². The molecule has 0 aromatic heterocycles. The first-order chi connectivity index (χ1) is 22.7. The van der Waals surface area contributed by atoms with E-state index in [-0.39, 0.29) is 69.2 Å². The van der Waals surface area contributed by atoms with E-state index in [0.29, 0.717) is 13.1 Å². The minimum absolute atomic E-state index is 0.0143. The van der Waals surface area contributed by atoms with Crippen LogP contribution in [-0.4, -0.2) is 116 Å². The van der Waals surface area contributed by atoms with Gasteiger partial charge in [0.15, 0.2) is 0 Å². The number of hydrogen-bond acceptors (Lipinski definition) is 7. The van der Waals surface area contributed by atoms with Gasteiger partial charge in [0.1, 0.15) is 12.3 Å². The zero-order valence-corrected chi connectivity index (χ0v) is 30.5. The smallest absolute Gasteiger partial charge is 0.237 e. The molecule has 3 N–H and O–H groups in total. The Labute approximate surface area is 286 Å². The molecule has 0 aliphatic heterocycles. The molecule has 48 heavy (non-hydrogen) atoms. The average molecular weight is 706 g/mol. The van der Waals surface area contributed by atoms with Crippen molar-refractivity contribution in [3.8, 4) is 0 Å². The fourth-order valence-electron chi connectivity index (χ4n) is 7.91. The van der Waals surface area contributed by atoms with Gasteiger partial charge in [-0.15, -0.1) is 0 Å². The molecule has 0 radical (unpaired) electrons. The van der Waals surface area contributed by atoms with Crippen LogP contribution in [0.25, 0.3) is 0 Å². The lowest BCUT2D eigenvalue weighted by molar-refractivity contribution is -0.139. The van der Waals surface area contributed by atoms with Crippen LogP contribution < -0.4 is 10.7 Å². The number of aliphatic hydroxyl groups excluding tert-OH is 1. The van der Waals surface area contributed by atoms with Crippen LogP contribution in [0.5, 0.6) is 0 Å². The molecular formula is C34H61F2N5O6S. The Balaban J connectivity index is 1.81. The molecule has 278 valence electrons. The topological polar surface area (TPSA) is 139 Å². The molecule has 7 atom stereocenters. The van der Waals surface area contributed by atoms with E-state index in [1.54, 1.807) is 11.9 Å². The predicted molar refractivity (Wildman–Crippen MR) is 181 cm³/mol. The normalized spacial score (nSPS) is 28.5. The van der Waals surface area contributed by atoms with E-state index in [1.165, 1.54) is 19.1 Å². The van der Waals surface area contributed by atoms with Crippen LogP contribution >= 0.6 is 0 Å². The van der Waals surface area contributed by atoms with Crippen LogP contribution in [0.2, 0.25) is 0 Å². The molecule has 11 nitrogen and oxygen atoms in total. The number of aliphatic hydroxyl groups is 1. The van der Waals surface area contributed by atoms with Crippen molar-refractivity contribution >= 4 is 27.7 Å². The van der Waals surface area contributed by atoms with Crippen LogP contribution in [0.1, 0.15) is 104 Å². The highest BCUT2D eigenvalue weighted by Crippen LogP contribution is 2.36. The first-order valence-corrected chi connectivity index (χ1v) is 19.6. The van der Waals surface area contributed by atoms with Gasteiger partial charge in [-0.2, -0.15) is 0 Å². The van der Waals surface area contributed by atoms with Crippen LogP contribution in [-0.2, 0) is 24.4 Å². The summed E-state index contributed by atoms with van der Waals surface area (Å²) in [7, 11) is 0.708. The number of hydrazine groups is 1. The van der Waals surface area contributed by atoms with Gasteiger partial charge in [-0.05, 0) is 70.1 Å². The fraction of sp³-hybridized carbons (Fsp3) is 0.912. The van der Waals surface area contributed by atoms with Crippen LogP contribution in [0, 0.1) is 23.7 Å². The Kier molecular flexibility index (Phi) is 16.0. The first-order valence-electron chi connectivity index (χ1n) is 18.1. The van der Waals surface area contributed by atoms with E-state index in [9.17, 15) is 36.7 Å². The number of hydrogen-bond donors (Lipinski definition) is 3. The molecule has 3 aliphatic carbocycles. The minimum atomic E-state index is -3.80. The molecule has 14 heteroatoms. The zero-order chi connectivity index (χ0) is 35.6. The molecule has 0 bridgehead atoms. The second-order valence-electron chi connectivity index (χ2n) is 14.8. The lowest BCUT2D eigenvalue weighted by Gasteiger charge is -2.38. The second-order valence-corrected chi connectivity index (χ2v) is 17.2. The summed E-state index contributed by atoms with van der Waals surface area (Å²) in [5.41, 5.74) is 2.84. The molecule has 0 saturated heterocycles. The monoisotopic (exact) mass is 705 g/mol. The third-order valence-corrected chi connectivity index (χ3v) is 12.7. The van der Waals surface area contributed by atoms with E-state index < -0.39 is 63.4 Å². The molecule has 0 spiro atoms. The van der Waals surface area contributed by atoms with Gasteiger partial charge in [0.05, 0.1) is 17.4 Å². The lowest BCUT2D eigenvalue weighted by Crippen LogP contribution is -2.54. The summed E-state index contributed by atoms with van der Waals surface area (Å²) in [6.07, 6.45) is 2.83. The Bertz CT molecular complexity index is 1140. The maximum absolute atomic E-state index is 14.4. The molecule has 3 rings (SSSR count). The highest BCUT2D eigenvalue weighted by atomic mass is 32.2. The Morgan fingerprint density at radius 1 is 0.812 bits per heavy atom. The van der Waals surface area contributed by atoms with Crippen LogP contribution in [0.4, 0.5) is 8.78 Å². The van der Waals surface area contributed by atoms with E-state index >= 15 is 0 Å². The number of halogens is 2. The van der Waals surface area contributed by atoms with Crippen molar-refractivity contribution in [2.45, 2.75) is 133 Å². The number of rotatable bonds is 16. The summed E-state index contributed by atoms with van der Waals surface area (Å²) >= 11 is 0. The van der Waals surface area contributed by atoms with Gasteiger partial charge in [-0.25, -0.2) is 26.5 Å². The molecule has 0 aromatic carbocycles. The molecule has 3 fully saturated rings. The summed E-state index contributed by atoms with van der Waals surface area (Å²) < 4.78 is 56.6. The van der Waals surface area contributed by atoms with Gasteiger partial charge in [0.25, 0.3) is 0 Å². The van der Waals surface area contributed by atoms with Gasteiger partial charge in [0.2, 0.25) is 27.7 Å². The largest absolute Gasteiger partial charge is 0.390 e. The maximum Gasteiger partial charge on any atom is 0.237 e. The number of alkyl halides is 2. The lowest BCUT2D eigenvalue weighted by atomic mass is 9.79. The maximum atomic E-state index is 14.4. The number of nitrogens with one attached hydrogen (secondary N) is 2. The second kappa shape index (κ2) is 18.9.